The number of thiophene rings is 1. The van der Waals surface area contributed by atoms with Gasteiger partial charge in [-0.3, -0.25) is 0 Å². The molecule has 2 aromatic carbocycles. The summed E-state index contributed by atoms with van der Waals surface area (Å²) in [7, 11) is 0. The van der Waals surface area contributed by atoms with E-state index in [1.807, 2.05) is 24.8 Å². The highest BCUT2D eigenvalue weighted by atomic mass is 35.5. The van der Waals surface area contributed by atoms with Gasteiger partial charge in [0.15, 0.2) is 0 Å². The molecule has 2 heterocycles. The molecule has 4 aromatic rings. The molecule has 108 valence electrons. The van der Waals surface area contributed by atoms with Crippen molar-refractivity contribution in [2.45, 2.75) is 6.04 Å². The summed E-state index contributed by atoms with van der Waals surface area (Å²) in [5, 5.41) is 2.50. The van der Waals surface area contributed by atoms with E-state index in [-0.39, 0.29) is 6.04 Å². The van der Waals surface area contributed by atoms with Crippen LogP contribution in [0.3, 0.4) is 0 Å². The van der Waals surface area contributed by atoms with Gasteiger partial charge < -0.3 is 4.57 Å². The van der Waals surface area contributed by atoms with Crippen LogP contribution in [0.2, 0.25) is 4.34 Å². The molecule has 4 rings (SSSR count). The molecule has 0 aliphatic carbocycles. The first-order chi connectivity index (χ1) is 10.8. The molecule has 0 spiro atoms. The average Bonchev–Trinajstić information content (AvgIpc) is 3.20. The Hall–Kier alpha value is -2.10. The molecule has 0 saturated heterocycles. The van der Waals surface area contributed by atoms with Crippen molar-refractivity contribution in [1.29, 1.82) is 0 Å². The molecular formula is C18H13ClN2S. The molecule has 4 heteroatoms. The fourth-order valence-corrected chi connectivity index (χ4v) is 4.03. The largest absolute Gasteiger partial charge is 0.325 e. The monoisotopic (exact) mass is 324 g/mol. The van der Waals surface area contributed by atoms with Crippen LogP contribution < -0.4 is 0 Å². The van der Waals surface area contributed by atoms with Gasteiger partial charge in [-0.15, -0.1) is 11.3 Å². The summed E-state index contributed by atoms with van der Waals surface area (Å²) >= 11 is 7.78. The second-order valence-electron chi connectivity index (χ2n) is 5.12. The minimum absolute atomic E-state index is 0.0890. The van der Waals surface area contributed by atoms with E-state index in [0.29, 0.717) is 0 Å². The first-order valence-corrected chi connectivity index (χ1v) is 8.23. The van der Waals surface area contributed by atoms with Gasteiger partial charge in [0.05, 0.1) is 16.7 Å². The third kappa shape index (κ3) is 2.32. The van der Waals surface area contributed by atoms with Crippen LogP contribution in [0, 0.1) is 0 Å². The lowest BCUT2D eigenvalue weighted by atomic mass is 9.97. The predicted octanol–water partition coefficient (Wildman–Crippen LogP) is 5.39. The number of imidazole rings is 1. The molecule has 0 aliphatic rings. The summed E-state index contributed by atoms with van der Waals surface area (Å²) in [6.07, 6.45) is 5.67. The molecule has 2 nitrogen and oxygen atoms in total. The van der Waals surface area contributed by atoms with Gasteiger partial charge in [0, 0.05) is 17.3 Å². The second-order valence-corrected chi connectivity index (χ2v) is 6.87. The lowest BCUT2D eigenvalue weighted by Crippen LogP contribution is -2.09. The summed E-state index contributed by atoms with van der Waals surface area (Å²) in [5.41, 5.74) is 1.26. The maximum absolute atomic E-state index is 6.17. The van der Waals surface area contributed by atoms with E-state index in [2.05, 4.69) is 58.1 Å². The van der Waals surface area contributed by atoms with Gasteiger partial charge in [-0.2, -0.15) is 0 Å². The minimum Gasteiger partial charge on any atom is -0.325 e. The van der Waals surface area contributed by atoms with Gasteiger partial charge in [-0.25, -0.2) is 4.98 Å². The molecule has 0 N–H and O–H groups in total. The van der Waals surface area contributed by atoms with Crippen LogP contribution in [0.25, 0.3) is 10.8 Å². The second kappa shape index (κ2) is 5.59. The first-order valence-electron chi connectivity index (χ1n) is 7.03. The van der Waals surface area contributed by atoms with Crippen LogP contribution in [-0.4, -0.2) is 9.55 Å². The Bertz CT molecular complexity index is 906. The molecule has 0 aliphatic heterocycles. The molecular weight excluding hydrogens is 312 g/mol. The zero-order valence-corrected chi connectivity index (χ0v) is 13.3. The highest BCUT2D eigenvalue weighted by molar-refractivity contribution is 7.16. The maximum atomic E-state index is 6.17. The van der Waals surface area contributed by atoms with Gasteiger partial charge in [-0.05, 0) is 28.5 Å². The lowest BCUT2D eigenvalue weighted by molar-refractivity contribution is 0.693. The van der Waals surface area contributed by atoms with Crippen LogP contribution in [0.1, 0.15) is 16.5 Å². The van der Waals surface area contributed by atoms with E-state index >= 15 is 0 Å². The topological polar surface area (TPSA) is 17.8 Å². The Balaban J connectivity index is 1.97. The van der Waals surface area contributed by atoms with E-state index in [9.17, 15) is 0 Å². The van der Waals surface area contributed by atoms with Gasteiger partial charge in [0.2, 0.25) is 0 Å². The van der Waals surface area contributed by atoms with Crippen molar-refractivity contribution in [2.75, 3.05) is 0 Å². The summed E-state index contributed by atoms with van der Waals surface area (Å²) in [4.78, 5) is 5.42. The summed E-state index contributed by atoms with van der Waals surface area (Å²) < 4.78 is 2.93. The molecule has 0 fully saturated rings. The Morgan fingerprint density at radius 3 is 2.64 bits per heavy atom. The van der Waals surface area contributed by atoms with Crippen molar-refractivity contribution in [3.05, 3.63) is 88.1 Å². The van der Waals surface area contributed by atoms with Crippen LogP contribution in [0.15, 0.2) is 73.3 Å². The van der Waals surface area contributed by atoms with Crippen molar-refractivity contribution in [3.63, 3.8) is 0 Å². The number of rotatable bonds is 3. The summed E-state index contributed by atoms with van der Waals surface area (Å²) in [5.74, 6) is 0. The molecule has 0 saturated carbocycles. The molecule has 22 heavy (non-hydrogen) atoms. The van der Waals surface area contributed by atoms with Crippen molar-refractivity contribution in [3.8, 4) is 0 Å². The molecule has 0 bridgehead atoms. The number of benzene rings is 2. The third-order valence-corrected chi connectivity index (χ3v) is 5.09. The van der Waals surface area contributed by atoms with Gasteiger partial charge in [0.25, 0.3) is 0 Å². The number of fused-ring (bicyclic) bond motifs is 1. The fourth-order valence-electron chi connectivity index (χ4n) is 2.85. The van der Waals surface area contributed by atoms with E-state index in [0.717, 1.165) is 4.34 Å². The molecule has 0 amide bonds. The van der Waals surface area contributed by atoms with E-state index < -0.39 is 0 Å². The third-order valence-electron chi connectivity index (χ3n) is 3.80. The van der Waals surface area contributed by atoms with Crippen LogP contribution >= 0.6 is 22.9 Å². The summed E-state index contributed by atoms with van der Waals surface area (Å²) in [6, 6.07) is 19.0. The zero-order valence-electron chi connectivity index (χ0n) is 11.7. The van der Waals surface area contributed by atoms with Crippen LogP contribution in [0.5, 0.6) is 0 Å². The molecule has 0 radical (unpaired) electrons. The fraction of sp³-hybridized carbons (Fsp3) is 0.0556. The predicted molar refractivity (Wildman–Crippen MR) is 92.7 cm³/mol. The summed E-state index contributed by atoms with van der Waals surface area (Å²) in [6.45, 7) is 0. The minimum atomic E-state index is 0.0890. The Morgan fingerprint density at radius 2 is 1.86 bits per heavy atom. The van der Waals surface area contributed by atoms with Gasteiger partial charge in [-0.1, -0.05) is 54.1 Å². The smallest absolute Gasteiger partial charge is 0.0954 e. The Labute approximate surface area is 137 Å². The van der Waals surface area contributed by atoms with Crippen LogP contribution in [-0.2, 0) is 0 Å². The van der Waals surface area contributed by atoms with Gasteiger partial charge in [0.1, 0.15) is 0 Å². The van der Waals surface area contributed by atoms with Crippen molar-refractivity contribution in [2.24, 2.45) is 0 Å². The molecule has 2 aromatic heterocycles. The number of hydrogen-bond acceptors (Lipinski definition) is 2. The standard InChI is InChI=1S/C18H13ClN2S/c19-17-9-8-16(22-17)18(21-11-10-20-12-21)15-7-3-5-13-4-1-2-6-14(13)15/h1-12,18H. The number of halogens is 1. The normalized spacial score (nSPS) is 12.6. The van der Waals surface area contributed by atoms with Gasteiger partial charge >= 0.3 is 0 Å². The van der Waals surface area contributed by atoms with E-state index in [4.69, 9.17) is 11.6 Å². The SMILES string of the molecule is Clc1ccc(C(c2cccc3ccccc23)n2ccnc2)s1. The van der Waals surface area contributed by atoms with Crippen molar-refractivity contribution >= 4 is 33.7 Å². The van der Waals surface area contributed by atoms with Crippen molar-refractivity contribution in [1.82, 2.24) is 9.55 Å². The highest BCUT2D eigenvalue weighted by Crippen LogP contribution is 2.36. The van der Waals surface area contributed by atoms with Crippen molar-refractivity contribution < 1.29 is 0 Å². The quantitative estimate of drug-likeness (QED) is 0.494. The highest BCUT2D eigenvalue weighted by Gasteiger charge is 2.19. The molecule has 1 atom stereocenters. The van der Waals surface area contributed by atoms with E-state index in [1.165, 1.54) is 21.2 Å². The zero-order chi connectivity index (χ0) is 14.9. The van der Waals surface area contributed by atoms with Crippen LogP contribution in [0.4, 0.5) is 0 Å². The Morgan fingerprint density at radius 1 is 1.00 bits per heavy atom. The molecule has 1 unspecified atom stereocenters. The number of nitrogens with zero attached hydrogens (tertiary/aromatic N) is 2. The number of hydrogen-bond donors (Lipinski definition) is 0. The number of aromatic nitrogens is 2. The lowest BCUT2D eigenvalue weighted by Gasteiger charge is -2.19. The average molecular weight is 325 g/mol. The first kappa shape index (κ1) is 13.6. The van der Waals surface area contributed by atoms with E-state index in [1.54, 1.807) is 11.3 Å². The Kier molecular flexibility index (Phi) is 3.45. The maximum Gasteiger partial charge on any atom is 0.0954 e.